The predicted octanol–water partition coefficient (Wildman–Crippen LogP) is 0.924. The van der Waals surface area contributed by atoms with E-state index >= 15 is 0 Å². The lowest BCUT2D eigenvalue weighted by atomic mass is 10.3. The third-order valence-corrected chi connectivity index (χ3v) is 1.73. The molecule has 0 fully saturated rings. The Morgan fingerprint density at radius 1 is 1.55 bits per heavy atom. The van der Waals surface area contributed by atoms with E-state index < -0.39 is 0 Å². The fourth-order valence-electron chi connectivity index (χ4n) is 0.646. The van der Waals surface area contributed by atoms with Crippen molar-refractivity contribution in [3.05, 3.63) is 0 Å². The first kappa shape index (κ1) is 10.9. The molecule has 0 aliphatic carbocycles. The van der Waals surface area contributed by atoms with Gasteiger partial charge in [-0.3, -0.25) is 4.79 Å². The molecular formula is C7H14BrNO2. The first-order valence-corrected chi connectivity index (χ1v) is 4.75. The molecule has 0 saturated heterocycles. The minimum atomic E-state index is 0.0439. The molecule has 66 valence electrons. The van der Waals surface area contributed by atoms with Crippen LogP contribution in [0.3, 0.4) is 0 Å². The molecule has 4 heteroatoms. The monoisotopic (exact) mass is 223 g/mol. The number of amides is 1. The van der Waals surface area contributed by atoms with Gasteiger partial charge in [-0.2, -0.15) is 0 Å². The molecule has 0 atom stereocenters. The Labute approximate surface area is 75.6 Å². The largest absolute Gasteiger partial charge is 0.385 e. The van der Waals surface area contributed by atoms with Crippen LogP contribution in [0.2, 0.25) is 0 Å². The summed E-state index contributed by atoms with van der Waals surface area (Å²) >= 11 is 3.06. The van der Waals surface area contributed by atoms with E-state index in [2.05, 4.69) is 21.2 Å². The number of ether oxygens (including phenoxy) is 1. The molecule has 0 rings (SSSR count). The third kappa shape index (κ3) is 7.81. The highest BCUT2D eigenvalue weighted by atomic mass is 79.9. The lowest BCUT2D eigenvalue weighted by molar-refractivity contribution is -0.118. The molecule has 3 nitrogen and oxygen atoms in total. The smallest absolute Gasteiger partial charge is 0.230 e. The van der Waals surface area contributed by atoms with E-state index in [9.17, 15) is 4.79 Å². The molecule has 0 aliphatic heterocycles. The molecule has 1 N–H and O–H groups in total. The second-order valence-electron chi connectivity index (χ2n) is 2.18. The maximum Gasteiger partial charge on any atom is 0.230 e. The maximum absolute atomic E-state index is 10.7. The molecule has 1 amide bonds. The van der Waals surface area contributed by atoms with Gasteiger partial charge in [-0.15, -0.1) is 0 Å². The van der Waals surface area contributed by atoms with Crippen LogP contribution in [0.15, 0.2) is 0 Å². The number of unbranched alkanes of at least 4 members (excludes halogenated alkanes) is 1. The predicted molar refractivity (Wildman–Crippen MR) is 47.9 cm³/mol. The summed E-state index contributed by atoms with van der Waals surface area (Å²) in [6.45, 7) is 1.51. The minimum Gasteiger partial charge on any atom is -0.385 e. The molecular weight excluding hydrogens is 210 g/mol. The summed E-state index contributed by atoms with van der Waals surface area (Å²) in [7, 11) is 1.68. The van der Waals surface area contributed by atoms with Crippen LogP contribution in [0, 0.1) is 0 Å². The van der Waals surface area contributed by atoms with Crippen molar-refractivity contribution in [2.24, 2.45) is 0 Å². The molecule has 0 radical (unpaired) electrons. The first-order valence-electron chi connectivity index (χ1n) is 3.63. The second-order valence-corrected chi connectivity index (χ2v) is 2.74. The van der Waals surface area contributed by atoms with Crippen molar-refractivity contribution in [2.75, 3.05) is 25.6 Å². The molecule has 0 unspecified atom stereocenters. The fourth-order valence-corrected chi connectivity index (χ4v) is 0.845. The summed E-state index contributed by atoms with van der Waals surface area (Å²) in [6, 6.07) is 0. The fraction of sp³-hybridized carbons (Fsp3) is 0.857. The Hall–Kier alpha value is -0.0900. The van der Waals surface area contributed by atoms with Crippen molar-refractivity contribution >= 4 is 21.8 Å². The van der Waals surface area contributed by atoms with Gasteiger partial charge in [-0.05, 0) is 12.8 Å². The lowest BCUT2D eigenvalue weighted by Crippen LogP contribution is -2.25. The number of halogens is 1. The van der Waals surface area contributed by atoms with E-state index in [0.717, 1.165) is 26.0 Å². The molecule has 0 aromatic rings. The molecule has 0 saturated carbocycles. The van der Waals surface area contributed by atoms with Gasteiger partial charge in [0.05, 0.1) is 5.33 Å². The summed E-state index contributed by atoms with van der Waals surface area (Å²) in [5.74, 6) is 0.0439. The number of hydrogen-bond acceptors (Lipinski definition) is 2. The van der Waals surface area contributed by atoms with E-state index in [1.54, 1.807) is 7.11 Å². The summed E-state index contributed by atoms with van der Waals surface area (Å²) in [6.07, 6.45) is 1.98. The zero-order valence-corrected chi connectivity index (χ0v) is 8.32. The number of rotatable bonds is 6. The average molecular weight is 224 g/mol. The van der Waals surface area contributed by atoms with Gasteiger partial charge < -0.3 is 10.1 Å². The van der Waals surface area contributed by atoms with E-state index in [1.165, 1.54) is 0 Å². The van der Waals surface area contributed by atoms with Crippen molar-refractivity contribution in [2.45, 2.75) is 12.8 Å². The molecule has 0 aromatic carbocycles. The van der Waals surface area contributed by atoms with E-state index in [-0.39, 0.29) is 5.91 Å². The Morgan fingerprint density at radius 2 is 2.27 bits per heavy atom. The molecule has 0 spiro atoms. The molecule has 11 heavy (non-hydrogen) atoms. The van der Waals surface area contributed by atoms with Crippen molar-refractivity contribution < 1.29 is 9.53 Å². The van der Waals surface area contributed by atoms with Gasteiger partial charge in [0.25, 0.3) is 0 Å². The van der Waals surface area contributed by atoms with Gasteiger partial charge in [0.15, 0.2) is 0 Å². The zero-order chi connectivity index (χ0) is 8.53. The molecule has 0 heterocycles. The minimum absolute atomic E-state index is 0.0439. The van der Waals surface area contributed by atoms with Gasteiger partial charge in [0.1, 0.15) is 0 Å². The van der Waals surface area contributed by atoms with Crippen LogP contribution in [-0.2, 0) is 9.53 Å². The summed E-state index contributed by atoms with van der Waals surface area (Å²) in [5, 5.41) is 3.14. The molecule has 0 aliphatic rings. The van der Waals surface area contributed by atoms with Crippen LogP contribution in [0.25, 0.3) is 0 Å². The zero-order valence-electron chi connectivity index (χ0n) is 6.73. The van der Waals surface area contributed by atoms with Gasteiger partial charge in [-0.25, -0.2) is 0 Å². The summed E-state index contributed by atoms with van der Waals surface area (Å²) in [4.78, 5) is 10.7. The summed E-state index contributed by atoms with van der Waals surface area (Å²) in [5.41, 5.74) is 0. The normalized spacial score (nSPS) is 9.64. The van der Waals surface area contributed by atoms with Crippen molar-refractivity contribution in [1.82, 2.24) is 5.32 Å². The van der Waals surface area contributed by atoms with Crippen LogP contribution in [0.1, 0.15) is 12.8 Å². The number of hydrogen-bond donors (Lipinski definition) is 1. The van der Waals surface area contributed by atoms with Crippen LogP contribution in [0.5, 0.6) is 0 Å². The first-order chi connectivity index (χ1) is 5.31. The van der Waals surface area contributed by atoms with Crippen LogP contribution in [-0.4, -0.2) is 31.5 Å². The van der Waals surface area contributed by atoms with Crippen molar-refractivity contribution in [1.29, 1.82) is 0 Å². The topological polar surface area (TPSA) is 38.3 Å². The maximum atomic E-state index is 10.7. The number of alkyl halides is 1. The van der Waals surface area contributed by atoms with Gasteiger partial charge in [0.2, 0.25) is 5.91 Å². The highest BCUT2D eigenvalue weighted by Gasteiger charge is 1.94. The number of carbonyl (C=O) groups is 1. The number of methoxy groups -OCH3 is 1. The highest BCUT2D eigenvalue weighted by Crippen LogP contribution is 1.87. The van der Waals surface area contributed by atoms with Crippen LogP contribution < -0.4 is 5.32 Å². The molecule has 0 bridgehead atoms. The van der Waals surface area contributed by atoms with Gasteiger partial charge in [-0.1, -0.05) is 15.9 Å². The number of carbonyl (C=O) groups excluding carboxylic acids is 1. The molecule has 0 aromatic heterocycles. The van der Waals surface area contributed by atoms with E-state index in [4.69, 9.17) is 4.74 Å². The Kier molecular flexibility index (Phi) is 7.95. The Morgan fingerprint density at radius 3 is 2.82 bits per heavy atom. The Bertz CT molecular complexity index is 109. The van der Waals surface area contributed by atoms with Crippen molar-refractivity contribution in [3.63, 3.8) is 0 Å². The van der Waals surface area contributed by atoms with Crippen LogP contribution >= 0.6 is 15.9 Å². The quantitative estimate of drug-likeness (QED) is 0.538. The lowest BCUT2D eigenvalue weighted by Gasteiger charge is -2.01. The van der Waals surface area contributed by atoms with Gasteiger partial charge >= 0.3 is 0 Å². The van der Waals surface area contributed by atoms with Crippen LogP contribution in [0.4, 0.5) is 0 Å². The number of nitrogens with one attached hydrogen (secondary N) is 1. The SMILES string of the molecule is COCCCCNC(=O)CBr. The average Bonchev–Trinajstić information content (AvgIpc) is 2.04. The standard InChI is InChI=1S/C7H14BrNO2/c1-11-5-3-2-4-9-7(10)6-8/h2-6H2,1H3,(H,9,10). The summed E-state index contributed by atoms with van der Waals surface area (Å²) < 4.78 is 4.85. The highest BCUT2D eigenvalue weighted by molar-refractivity contribution is 9.09. The van der Waals surface area contributed by atoms with Gasteiger partial charge in [0, 0.05) is 20.3 Å². The Balaban J connectivity index is 2.95. The van der Waals surface area contributed by atoms with E-state index in [1.807, 2.05) is 0 Å². The second kappa shape index (κ2) is 8.01. The van der Waals surface area contributed by atoms with E-state index in [0.29, 0.717) is 5.33 Å². The van der Waals surface area contributed by atoms with Crippen molar-refractivity contribution in [3.8, 4) is 0 Å². The third-order valence-electron chi connectivity index (χ3n) is 1.22.